The summed E-state index contributed by atoms with van der Waals surface area (Å²) in [7, 11) is 0. The van der Waals surface area contributed by atoms with Crippen molar-refractivity contribution < 1.29 is 14.6 Å². The Morgan fingerprint density at radius 2 is 2.29 bits per heavy atom. The van der Waals surface area contributed by atoms with Crippen molar-refractivity contribution in [1.82, 2.24) is 10.7 Å². The highest BCUT2D eigenvalue weighted by atomic mass is 16.7. The number of carbonyl (C=O) groups is 1. The lowest BCUT2D eigenvalue weighted by atomic mass is 10.1. The predicted molar refractivity (Wildman–Crippen MR) is 59.7 cm³/mol. The van der Waals surface area contributed by atoms with Crippen molar-refractivity contribution in [3.8, 4) is 0 Å². The van der Waals surface area contributed by atoms with E-state index in [0.717, 1.165) is 0 Å². The molecule has 0 spiro atoms. The van der Waals surface area contributed by atoms with Crippen molar-refractivity contribution in [2.45, 2.75) is 25.8 Å². The maximum atomic E-state index is 11.3. The maximum absolute atomic E-state index is 11.3. The molecule has 0 radical (unpaired) electrons. The molecule has 0 saturated heterocycles. The highest BCUT2D eigenvalue weighted by molar-refractivity contribution is 5.75. The van der Waals surface area contributed by atoms with Crippen LogP contribution in [0.5, 0.6) is 0 Å². The van der Waals surface area contributed by atoms with Crippen LogP contribution in [-0.4, -0.2) is 36.2 Å². The lowest BCUT2D eigenvalue weighted by molar-refractivity contribution is -0.549. The van der Waals surface area contributed by atoms with Crippen LogP contribution in [0.3, 0.4) is 0 Å². The van der Waals surface area contributed by atoms with Crippen molar-refractivity contribution in [1.29, 1.82) is 5.41 Å². The van der Waals surface area contributed by atoms with E-state index >= 15 is 0 Å². The quantitative estimate of drug-likeness (QED) is 0.107. The molecule has 9 nitrogen and oxygen atoms in total. The van der Waals surface area contributed by atoms with Crippen LogP contribution in [0.15, 0.2) is 0 Å². The number of ether oxygens (including phenoxy) is 1. The van der Waals surface area contributed by atoms with Gasteiger partial charge in [0.15, 0.2) is 17.0 Å². The average Bonchev–Trinajstić information content (AvgIpc) is 2.22. The first kappa shape index (κ1) is 14.9. The molecule has 0 unspecified atom stereocenters. The number of nitrogens with one attached hydrogen (secondary N) is 3. The summed E-state index contributed by atoms with van der Waals surface area (Å²) >= 11 is 0. The second-order valence-corrected chi connectivity index (χ2v) is 3.17. The molecular formula is C8H17N5O4. The monoisotopic (exact) mass is 247 g/mol. The molecule has 0 aromatic heterocycles. The van der Waals surface area contributed by atoms with Crippen molar-refractivity contribution in [2.75, 3.05) is 13.2 Å². The normalized spacial score (nSPS) is 11.4. The van der Waals surface area contributed by atoms with Crippen LogP contribution in [-0.2, 0) is 9.53 Å². The van der Waals surface area contributed by atoms with Gasteiger partial charge in [-0.25, -0.2) is 14.9 Å². The summed E-state index contributed by atoms with van der Waals surface area (Å²) in [6, 6.07) is -0.987. The van der Waals surface area contributed by atoms with Gasteiger partial charge in [-0.1, -0.05) is 0 Å². The molecule has 0 aromatic carbocycles. The van der Waals surface area contributed by atoms with Crippen LogP contribution in [0.2, 0.25) is 0 Å². The Bertz CT molecular complexity index is 283. The van der Waals surface area contributed by atoms with E-state index in [1.165, 1.54) is 0 Å². The molecule has 0 aliphatic carbocycles. The van der Waals surface area contributed by atoms with Crippen molar-refractivity contribution in [3.63, 3.8) is 0 Å². The van der Waals surface area contributed by atoms with E-state index in [-0.39, 0.29) is 19.0 Å². The van der Waals surface area contributed by atoms with Gasteiger partial charge in [-0.2, -0.15) is 0 Å². The number of hydrogen-bond acceptors (Lipinski definition) is 5. The first-order valence-corrected chi connectivity index (χ1v) is 5.12. The third kappa shape index (κ3) is 7.82. The molecule has 0 aromatic rings. The SMILES string of the molecule is CCOC(=O)[C@H](CCCNC(=N)N)N[N+](=O)[O-]. The fraction of sp³-hybridized carbons (Fsp3) is 0.750. The zero-order valence-corrected chi connectivity index (χ0v) is 9.56. The summed E-state index contributed by atoms with van der Waals surface area (Å²) < 4.78 is 4.69. The van der Waals surface area contributed by atoms with Gasteiger partial charge in [-0.3, -0.25) is 5.41 Å². The Labute approximate surface area is 98.3 Å². The van der Waals surface area contributed by atoms with E-state index < -0.39 is 17.0 Å². The number of nitrogens with zero attached hydrogens (tertiary/aromatic N) is 1. The molecule has 0 aliphatic heterocycles. The predicted octanol–water partition coefficient (Wildman–Crippen LogP) is -1.04. The molecule has 0 fully saturated rings. The number of nitro groups is 1. The summed E-state index contributed by atoms with van der Waals surface area (Å²) in [5.74, 6) is -0.841. The van der Waals surface area contributed by atoms with Gasteiger partial charge in [0.05, 0.1) is 6.61 Å². The minimum absolute atomic E-state index is 0.167. The molecule has 0 saturated carbocycles. The molecular weight excluding hydrogens is 230 g/mol. The minimum Gasteiger partial charge on any atom is -0.464 e. The fourth-order valence-corrected chi connectivity index (χ4v) is 1.13. The Kier molecular flexibility index (Phi) is 7.15. The van der Waals surface area contributed by atoms with Gasteiger partial charge in [0.25, 0.3) is 0 Å². The van der Waals surface area contributed by atoms with Gasteiger partial charge in [-0.05, 0) is 19.8 Å². The van der Waals surface area contributed by atoms with Crippen LogP contribution < -0.4 is 16.5 Å². The third-order valence-electron chi connectivity index (χ3n) is 1.82. The third-order valence-corrected chi connectivity index (χ3v) is 1.82. The van der Waals surface area contributed by atoms with Gasteiger partial charge >= 0.3 is 5.97 Å². The van der Waals surface area contributed by atoms with Gasteiger partial charge in [0.2, 0.25) is 0 Å². The first-order valence-electron chi connectivity index (χ1n) is 5.12. The van der Waals surface area contributed by atoms with Crippen molar-refractivity contribution in [2.24, 2.45) is 5.73 Å². The average molecular weight is 247 g/mol. The van der Waals surface area contributed by atoms with E-state index in [2.05, 4.69) is 10.1 Å². The lowest BCUT2D eigenvalue weighted by Gasteiger charge is -2.12. The Hall–Kier alpha value is -2.06. The zero-order valence-electron chi connectivity index (χ0n) is 9.56. The second kappa shape index (κ2) is 8.13. The largest absolute Gasteiger partial charge is 0.464 e. The number of guanidine groups is 1. The molecule has 0 heterocycles. The highest BCUT2D eigenvalue weighted by Gasteiger charge is 2.23. The maximum Gasteiger partial charge on any atom is 0.334 e. The standard InChI is InChI=1S/C8H17N5O4/c1-2-17-7(14)6(12-13(15)16)4-3-5-11-8(9)10/h6,12H,2-5H2,1H3,(H4,9,10,11)/t6-/m0/s1. The van der Waals surface area contributed by atoms with Gasteiger partial charge < -0.3 is 15.8 Å². The zero-order chi connectivity index (χ0) is 13.3. The topological polar surface area (TPSA) is 143 Å². The summed E-state index contributed by atoms with van der Waals surface area (Å²) in [5.41, 5.74) is 6.94. The molecule has 5 N–H and O–H groups in total. The number of carbonyl (C=O) groups excluding carboxylic acids is 1. The fourth-order valence-electron chi connectivity index (χ4n) is 1.13. The molecule has 0 aliphatic rings. The number of hydrogen-bond donors (Lipinski definition) is 4. The van der Waals surface area contributed by atoms with E-state index in [9.17, 15) is 14.9 Å². The second-order valence-electron chi connectivity index (χ2n) is 3.17. The van der Waals surface area contributed by atoms with E-state index in [4.69, 9.17) is 11.1 Å². The van der Waals surface area contributed by atoms with Gasteiger partial charge in [0.1, 0.15) is 0 Å². The molecule has 1 atom stereocenters. The van der Waals surface area contributed by atoms with Crippen LogP contribution in [0, 0.1) is 15.5 Å². The molecule has 0 amide bonds. The van der Waals surface area contributed by atoms with Crippen LogP contribution in [0.25, 0.3) is 0 Å². The number of nitrogens with two attached hydrogens (primary N) is 1. The summed E-state index contributed by atoms with van der Waals surface area (Å²) in [4.78, 5) is 21.6. The van der Waals surface area contributed by atoms with Crippen LogP contribution in [0.4, 0.5) is 0 Å². The van der Waals surface area contributed by atoms with Gasteiger partial charge in [-0.15, -0.1) is 5.43 Å². The minimum atomic E-state index is -0.987. The Morgan fingerprint density at radius 1 is 1.65 bits per heavy atom. The molecule has 0 bridgehead atoms. The van der Waals surface area contributed by atoms with E-state index in [0.29, 0.717) is 13.0 Å². The molecule has 0 rings (SSSR count). The smallest absolute Gasteiger partial charge is 0.334 e. The summed E-state index contributed by atoms with van der Waals surface area (Å²) in [5, 5.41) is 18.9. The van der Waals surface area contributed by atoms with Crippen LogP contribution in [0.1, 0.15) is 19.8 Å². The highest BCUT2D eigenvalue weighted by Crippen LogP contribution is 1.99. The number of esters is 1. The lowest BCUT2D eigenvalue weighted by Crippen LogP contribution is -2.42. The van der Waals surface area contributed by atoms with Crippen molar-refractivity contribution >= 4 is 11.9 Å². The number of hydrazine groups is 1. The van der Waals surface area contributed by atoms with E-state index in [1.54, 1.807) is 6.92 Å². The Balaban J connectivity index is 4.05. The molecule has 98 valence electrons. The Morgan fingerprint density at radius 3 is 2.76 bits per heavy atom. The molecule has 9 heteroatoms. The number of rotatable bonds is 8. The summed E-state index contributed by atoms with van der Waals surface area (Å²) in [6.45, 7) is 2.16. The van der Waals surface area contributed by atoms with Gasteiger partial charge in [0, 0.05) is 6.54 Å². The van der Waals surface area contributed by atoms with Crippen LogP contribution >= 0.6 is 0 Å². The van der Waals surface area contributed by atoms with E-state index in [1.807, 2.05) is 5.43 Å². The molecule has 17 heavy (non-hydrogen) atoms. The first-order chi connectivity index (χ1) is 7.97. The summed E-state index contributed by atoms with van der Waals surface area (Å²) in [6.07, 6.45) is 0.671. The van der Waals surface area contributed by atoms with Crippen molar-refractivity contribution in [3.05, 3.63) is 10.1 Å².